The van der Waals surface area contributed by atoms with Crippen LogP contribution in [0.25, 0.3) is 10.2 Å². The summed E-state index contributed by atoms with van der Waals surface area (Å²) in [6.07, 6.45) is 0. The number of aryl methyl sites for hydroxylation is 2. The standard InChI is InChI=1S/C15H13N3O4S/c1-8-6-11(22-17-8)13(19)16-15-18(2)10-5-4-9(14(20)21-3)7-12(10)23-15/h4-7H,1-3H3. The van der Waals surface area contributed by atoms with E-state index in [1.165, 1.54) is 24.5 Å². The highest BCUT2D eigenvalue weighted by Gasteiger charge is 2.13. The van der Waals surface area contributed by atoms with E-state index in [4.69, 9.17) is 9.26 Å². The molecule has 0 unspecified atom stereocenters. The summed E-state index contributed by atoms with van der Waals surface area (Å²) in [5.41, 5.74) is 1.93. The maximum atomic E-state index is 12.1. The lowest BCUT2D eigenvalue weighted by molar-refractivity contribution is 0.0601. The molecule has 1 aromatic carbocycles. The second kappa shape index (κ2) is 5.81. The Bertz CT molecular complexity index is 980. The summed E-state index contributed by atoms with van der Waals surface area (Å²) < 4.78 is 12.2. The molecule has 0 aliphatic carbocycles. The Kier molecular flexibility index (Phi) is 3.83. The van der Waals surface area contributed by atoms with Crippen molar-refractivity contribution in [3.8, 4) is 0 Å². The van der Waals surface area contributed by atoms with E-state index in [0.29, 0.717) is 16.1 Å². The monoisotopic (exact) mass is 331 g/mol. The topological polar surface area (TPSA) is 86.7 Å². The zero-order valence-corrected chi connectivity index (χ0v) is 13.5. The number of esters is 1. The largest absolute Gasteiger partial charge is 0.465 e. The minimum Gasteiger partial charge on any atom is -0.465 e. The minimum absolute atomic E-state index is 0.0928. The molecular weight excluding hydrogens is 318 g/mol. The van der Waals surface area contributed by atoms with Gasteiger partial charge in [0.25, 0.3) is 0 Å². The Balaban J connectivity index is 2.07. The molecule has 0 bridgehead atoms. The third-order valence-corrected chi connectivity index (χ3v) is 4.36. The summed E-state index contributed by atoms with van der Waals surface area (Å²) in [4.78, 5) is 28.3. The molecule has 0 spiro atoms. The molecule has 8 heteroatoms. The van der Waals surface area contributed by atoms with Gasteiger partial charge < -0.3 is 13.8 Å². The summed E-state index contributed by atoms with van der Waals surface area (Å²) in [5.74, 6) is -0.814. The van der Waals surface area contributed by atoms with Crippen LogP contribution in [-0.2, 0) is 11.8 Å². The van der Waals surface area contributed by atoms with Crippen LogP contribution in [0, 0.1) is 6.92 Å². The van der Waals surface area contributed by atoms with Gasteiger partial charge in [-0.3, -0.25) is 4.79 Å². The number of rotatable bonds is 2. The molecule has 7 nitrogen and oxygen atoms in total. The van der Waals surface area contributed by atoms with Crippen molar-refractivity contribution in [2.75, 3.05) is 7.11 Å². The Morgan fingerprint density at radius 2 is 2.13 bits per heavy atom. The van der Waals surface area contributed by atoms with Gasteiger partial charge >= 0.3 is 11.9 Å². The van der Waals surface area contributed by atoms with Crippen molar-refractivity contribution in [1.29, 1.82) is 0 Å². The predicted octanol–water partition coefficient (Wildman–Crippen LogP) is 2.06. The van der Waals surface area contributed by atoms with Crippen molar-refractivity contribution in [2.45, 2.75) is 6.92 Å². The van der Waals surface area contributed by atoms with E-state index in [9.17, 15) is 9.59 Å². The average molecular weight is 331 g/mol. The van der Waals surface area contributed by atoms with E-state index in [1.807, 2.05) is 0 Å². The summed E-state index contributed by atoms with van der Waals surface area (Å²) in [6.45, 7) is 1.73. The van der Waals surface area contributed by atoms with Crippen LogP contribution >= 0.6 is 11.3 Å². The van der Waals surface area contributed by atoms with Gasteiger partial charge in [-0.15, -0.1) is 0 Å². The smallest absolute Gasteiger partial charge is 0.337 e. The number of thiazole rings is 1. The summed E-state index contributed by atoms with van der Waals surface area (Å²) >= 11 is 1.30. The molecule has 0 aliphatic rings. The van der Waals surface area contributed by atoms with E-state index in [2.05, 4.69) is 10.1 Å². The van der Waals surface area contributed by atoms with Gasteiger partial charge in [0.1, 0.15) is 0 Å². The number of carbonyl (C=O) groups is 2. The van der Waals surface area contributed by atoms with Gasteiger partial charge in [-0.2, -0.15) is 4.99 Å². The van der Waals surface area contributed by atoms with E-state index in [1.54, 1.807) is 36.7 Å². The summed E-state index contributed by atoms with van der Waals surface area (Å²) in [7, 11) is 3.13. The lowest BCUT2D eigenvalue weighted by Crippen LogP contribution is -2.13. The first kappa shape index (κ1) is 15.2. The lowest BCUT2D eigenvalue weighted by atomic mass is 10.2. The first-order chi connectivity index (χ1) is 11.0. The quantitative estimate of drug-likeness (QED) is 0.671. The van der Waals surface area contributed by atoms with Gasteiger partial charge in [-0.1, -0.05) is 16.5 Å². The van der Waals surface area contributed by atoms with Crippen LogP contribution in [0.2, 0.25) is 0 Å². The second-order valence-corrected chi connectivity index (χ2v) is 5.88. The Labute approximate surface area is 134 Å². The van der Waals surface area contributed by atoms with Crippen LogP contribution in [0.3, 0.4) is 0 Å². The SMILES string of the molecule is COC(=O)c1ccc2c(c1)sc(=NC(=O)c1cc(C)no1)n2C. The number of methoxy groups -OCH3 is 1. The van der Waals surface area contributed by atoms with Crippen molar-refractivity contribution in [3.63, 3.8) is 0 Å². The minimum atomic E-state index is -0.499. The van der Waals surface area contributed by atoms with Crippen molar-refractivity contribution in [2.24, 2.45) is 12.0 Å². The number of ether oxygens (including phenoxy) is 1. The maximum absolute atomic E-state index is 12.1. The fourth-order valence-corrected chi connectivity index (χ4v) is 3.15. The van der Waals surface area contributed by atoms with Crippen molar-refractivity contribution < 1.29 is 18.8 Å². The number of hydrogen-bond acceptors (Lipinski definition) is 6. The zero-order valence-electron chi connectivity index (χ0n) is 12.7. The number of benzene rings is 1. The second-order valence-electron chi connectivity index (χ2n) is 4.87. The number of nitrogens with zero attached hydrogens (tertiary/aromatic N) is 3. The van der Waals surface area contributed by atoms with E-state index in [-0.39, 0.29) is 5.76 Å². The molecule has 118 valence electrons. The highest BCUT2D eigenvalue weighted by molar-refractivity contribution is 7.16. The third-order valence-electron chi connectivity index (χ3n) is 3.27. The number of amides is 1. The molecule has 0 saturated heterocycles. The van der Waals surface area contributed by atoms with Crippen molar-refractivity contribution in [1.82, 2.24) is 9.72 Å². The molecule has 2 aromatic heterocycles. The van der Waals surface area contributed by atoms with E-state index in [0.717, 1.165) is 10.2 Å². The van der Waals surface area contributed by atoms with E-state index >= 15 is 0 Å². The first-order valence-corrected chi connectivity index (χ1v) is 7.51. The highest BCUT2D eigenvalue weighted by Crippen LogP contribution is 2.19. The third kappa shape index (κ3) is 2.80. The van der Waals surface area contributed by atoms with Crippen LogP contribution in [0.5, 0.6) is 0 Å². The lowest BCUT2D eigenvalue weighted by Gasteiger charge is -1.99. The van der Waals surface area contributed by atoms with Crippen LogP contribution in [0.1, 0.15) is 26.6 Å². The van der Waals surface area contributed by atoms with Crippen LogP contribution < -0.4 is 4.80 Å². The Hall–Kier alpha value is -2.74. The zero-order chi connectivity index (χ0) is 16.6. The van der Waals surface area contributed by atoms with Crippen LogP contribution in [-0.4, -0.2) is 28.7 Å². The van der Waals surface area contributed by atoms with Gasteiger partial charge in [0.05, 0.1) is 28.6 Å². The fourth-order valence-electron chi connectivity index (χ4n) is 2.09. The van der Waals surface area contributed by atoms with Gasteiger partial charge in [-0.05, 0) is 25.1 Å². The molecule has 3 rings (SSSR count). The molecule has 0 fully saturated rings. The fraction of sp³-hybridized carbons (Fsp3) is 0.200. The average Bonchev–Trinajstić information content (AvgIpc) is 3.11. The van der Waals surface area contributed by atoms with Gasteiger partial charge in [-0.25, -0.2) is 4.79 Å². The normalized spacial score (nSPS) is 11.9. The molecule has 0 saturated carbocycles. The van der Waals surface area contributed by atoms with Crippen molar-refractivity contribution in [3.05, 3.63) is 46.1 Å². The number of fused-ring (bicyclic) bond motifs is 1. The molecule has 0 aliphatic heterocycles. The predicted molar refractivity (Wildman–Crippen MR) is 83.3 cm³/mol. The molecule has 2 heterocycles. The molecular formula is C15H13N3O4S. The number of carbonyl (C=O) groups excluding carboxylic acids is 2. The molecule has 1 amide bonds. The van der Waals surface area contributed by atoms with E-state index < -0.39 is 11.9 Å². The molecule has 0 radical (unpaired) electrons. The molecule has 23 heavy (non-hydrogen) atoms. The maximum Gasteiger partial charge on any atom is 0.337 e. The summed E-state index contributed by atoms with van der Waals surface area (Å²) in [5, 5.41) is 3.67. The molecule has 0 N–H and O–H groups in total. The molecule has 0 atom stereocenters. The van der Waals surface area contributed by atoms with Gasteiger partial charge in [0.2, 0.25) is 5.76 Å². The van der Waals surface area contributed by atoms with Gasteiger partial charge in [0, 0.05) is 13.1 Å². The first-order valence-electron chi connectivity index (χ1n) is 6.70. The Morgan fingerprint density at radius 1 is 1.35 bits per heavy atom. The number of hydrogen-bond donors (Lipinski definition) is 0. The number of aromatic nitrogens is 2. The Morgan fingerprint density at radius 3 is 2.78 bits per heavy atom. The van der Waals surface area contributed by atoms with Crippen molar-refractivity contribution >= 4 is 33.4 Å². The highest BCUT2D eigenvalue weighted by atomic mass is 32.1. The van der Waals surface area contributed by atoms with Gasteiger partial charge in [0.15, 0.2) is 4.80 Å². The van der Waals surface area contributed by atoms with Crippen LogP contribution in [0.15, 0.2) is 33.8 Å². The van der Waals surface area contributed by atoms with Crippen LogP contribution in [0.4, 0.5) is 0 Å². The molecule has 3 aromatic rings. The summed E-state index contributed by atoms with van der Waals surface area (Å²) in [6, 6.07) is 6.72.